The van der Waals surface area contributed by atoms with Gasteiger partial charge in [0.05, 0.1) is 18.6 Å². The Labute approximate surface area is 120 Å². The molecule has 0 saturated heterocycles. The minimum atomic E-state index is -4.14. The summed E-state index contributed by atoms with van der Waals surface area (Å²) in [5, 5.41) is 3.39. The van der Waals surface area contributed by atoms with E-state index in [1.165, 1.54) is 0 Å². The molecule has 5 heteroatoms. The van der Waals surface area contributed by atoms with Crippen molar-refractivity contribution in [2.45, 2.75) is 77.1 Å². The van der Waals surface area contributed by atoms with Crippen LogP contribution in [0.3, 0.4) is 0 Å². The molecule has 2 nitrogen and oxygen atoms in total. The summed E-state index contributed by atoms with van der Waals surface area (Å²) in [5.41, 5.74) is -0.478. The molecule has 1 N–H and O–H groups in total. The molecule has 0 amide bonds. The van der Waals surface area contributed by atoms with Crippen LogP contribution in [0.15, 0.2) is 0 Å². The molecule has 0 radical (unpaired) electrons. The summed E-state index contributed by atoms with van der Waals surface area (Å²) in [5.74, 6) is 0.643. The molecule has 0 atom stereocenters. The zero-order valence-corrected chi connectivity index (χ0v) is 13.1. The molecule has 1 rings (SSSR count). The first-order valence-electron chi connectivity index (χ1n) is 7.47. The van der Waals surface area contributed by atoms with Crippen LogP contribution >= 0.6 is 0 Å². The Balaban J connectivity index is 2.55. The minimum absolute atomic E-state index is 0.0521. The van der Waals surface area contributed by atoms with Crippen molar-refractivity contribution >= 4 is 0 Å². The van der Waals surface area contributed by atoms with Crippen LogP contribution in [0.5, 0.6) is 0 Å². The molecule has 1 aliphatic carbocycles. The average Bonchev–Trinajstić information content (AvgIpc) is 2.28. The fraction of sp³-hybridized carbons (Fsp3) is 1.00. The molecule has 120 valence electrons. The quantitative estimate of drug-likeness (QED) is 0.817. The number of rotatable bonds is 5. The molecule has 0 heterocycles. The molecule has 0 aromatic rings. The first-order valence-corrected chi connectivity index (χ1v) is 7.47. The van der Waals surface area contributed by atoms with Crippen LogP contribution in [-0.2, 0) is 4.74 Å². The van der Waals surface area contributed by atoms with Crippen LogP contribution in [0.4, 0.5) is 13.2 Å². The molecule has 1 aliphatic rings. The highest BCUT2D eigenvalue weighted by atomic mass is 19.4. The summed E-state index contributed by atoms with van der Waals surface area (Å²) in [6.07, 6.45) is -1.26. The van der Waals surface area contributed by atoms with Crippen molar-refractivity contribution < 1.29 is 17.9 Å². The molecular weight excluding hydrogens is 267 g/mol. The van der Waals surface area contributed by atoms with Gasteiger partial charge in [0.2, 0.25) is 0 Å². The molecule has 0 bridgehead atoms. The molecule has 20 heavy (non-hydrogen) atoms. The van der Waals surface area contributed by atoms with Gasteiger partial charge in [0, 0.05) is 12.1 Å². The molecule has 1 fully saturated rings. The SMILES string of the molecule is CC1CCC(CNC(C)(C)C)(OCCC(F)(F)F)CC1. The second-order valence-corrected chi connectivity index (χ2v) is 7.18. The summed E-state index contributed by atoms with van der Waals surface area (Å²) in [4.78, 5) is 0. The first kappa shape index (κ1) is 17.8. The fourth-order valence-electron chi connectivity index (χ4n) is 2.47. The third kappa shape index (κ3) is 6.93. The Hall–Kier alpha value is -0.290. The predicted octanol–water partition coefficient (Wildman–Crippen LogP) is 4.29. The first-order chi connectivity index (χ1) is 9.02. The van der Waals surface area contributed by atoms with Gasteiger partial charge in [0.15, 0.2) is 0 Å². The van der Waals surface area contributed by atoms with E-state index in [9.17, 15) is 13.2 Å². The Bertz CT molecular complexity index is 288. The van der Waals surface area contributed by atoms with E-state index in [4.69, 9.17) is 4.74 Å². The minimum Gasteiger partial charge on any atom is -0.373 e. The van der Waals surface area contributed by atoms with Gasteiger partial charge >= 0.3 is 6.18 Å². The van der Waals surface area contributed by atoms with Gasteiger partial charge in [0.1, 0.15) is 0 Å². The number of hydrogen-bond acceptors (Lipinski definition) is 2. The van der Waals surface area contributed by atoms with Gasteiger partial charge in [-0.2, -0.15) is 13.2 Å². The van der Waals surface area contributed by atoms with E-state index in [1.807, 2.05) is 0 Å². The number of ether oxygens (including phenoxy) is 1. The molecule has 1 saturated carbocycles. The lowest BCUT2D eigenvalue weighted by atomic mass is 9.79. The highest BCUT2D eigenvalue weighted by molar-refractivity contribution is 4.90. The average molecular weight is 295 g/mol. The van der Waals surface area contributed by atoms with E-state index in [0.29, 0.717) is 12.5 Å². The van der Waals surface area contributed by atoms with Crippen molar-refractivity contribution in [1.29, 1.82) is 0 Å². The third-order valence-electron chi connectivity index (χ3n) is 3.92. The summed E-state index contributed by atoms with van der Waals surface area (Å²) < 4.78 is 42.5. The van der Waals surface area contributed by atoms with Crippen molar-refractivity contribution in [3.63, 3.8) is 0 Å². The van der Waals surface area contributed by atoms with E-state index in [0.717, 1.165) is 25.7 Å². The summed E-state index contributed by atoms with van der Waals surface area (Å²) in [6, 6.07) is 0. The topological polar surface area (TPSA) is 21.3 Å². The van der Waals surface area contributed by atoms with Gasteiger partial charge in [-0.3, -0.25) is 0 Å². The molecule has 0 aromatic carbocycles. The summed E-state index contributed by atoms with van der Waals surface area (Å²) in [7, 11) is 0. The highest BCUT2D eigenvalue weighted by Gasteiger charge is 2.37. The van der Waals surface area contributed by atoms with Crippen molar-refractivity contribution in [3.05, 3.63) is 0 Å². The molecular formula is C15H28F3NO. The van der Waals surface area contributed by atoms with Gasteiger partial charge in [-0.1, -0.05) is 6.92 Å². The molecule has 0 aliphatic heterocycles. The van der Waals surface area contributed by atoms with E-state index in [1.54, 1.807) is 0 Å². The maximum atomic E-state index is 12.3. The van der Waals surface area contributed by atoms with E-state index in [-0.39, 0.29) is 12.1 Å². The number of alkyl halides is 3. The lowest BCUT2D eigenvalue weighted by Gasteiger charge is -2.41. The third-order valence-corrected chi connectivity index (χ3v) is 3.92. The molecule has 0 aromatic heterocycles. The van der Waals surface area contributed by atoms with Gasteiger partial charge in [0.25, 0.3) is 0 Å². The van der Waals surface area contributed by atoms with E-state index in [2.05, 4.69) is 33.0 Å². The van der Waals surface area contributed by atoms with Crippen molar-refractivity contribution in [2.75, 3.05) is 13.2 Å². The van der Waals surface area contributed by atoms with Gasteiger partial charge in [-0.25, -0.2) is 0 Å². The molecule has 0 spiro atoms. The maximum Gasteiger partial charge on any atom is 0.391 e. The maximum absolute atomic E-state index is 12.3. The largest absolute Gasteiger partial charge is 0.391 e. The predicted molar refractivity (Wildman–Crippen MR) is 74.7 cm³/mol. The number of halogens is 3. The second-order valence-electron chi connectivity index (χ2n) is 7.18. The van der Waals surface area contributed by atoms with Crippen LogP contribution in [0.2, 0.25) is 0 Å². The Morgan fingerprint density at radius 2 is 1.70 bits per heavy atom. The summed E-state index contributed by atoms with van der Waals surface area (Å²) >= 11 is 0. The lowest BCUT2D eigenvalue weighted by molar-refractivity contribution is -0.163. The summed E-state index contributed by atoms with van der Waals surface area (Å²) in [6.45, 7) is 8.76. The zero-order chi connectivity index (χ0) is 15.4. The Morgan fingerprint density at radius 3 is 2.15 bits per heavy atom. The van der Waals surface area contributed by atoms with E-state index >= 15 is 0 Å². The normalized spacial score (nSPS) is 28.6. The van der Waals surface area contributed by atoms with Crippen LogP contribution < -0.4 is 5.32 Å². The number of nitrogens with one attached hydrogen (secondary N) is 1. The zero-order valence-electron chi connectivity index (χ0n) is 13.1. The van der Waals surface area contributed by atoms with Gasteiger partial charge in [-0.05, 0) is 52.4 Å². The number of hydrogen-bond donors (Lipinski definition) is 1. The van der Waals surface area contributed by atoms with Crippen LogP contribution in [0, 0.1) is 5.92 Å². The van der Waals surface area contributed by atoms with Crippen LogP contribution in [0.1, 0.15) is 59.8 Å². The molecule has 0 unspecified atom stereocenters. The highest BCUT2D eigenvalue weighted by Crippen LogP contribution is 2.35. The van der Waals surface area contributed by atoms with Crippen molar-refractivity contribution in [1.82, 2.24) is 5.32 Å². The second kappa shape index (κ2) is 6.65. The van der Waals surface area contributed by atoms with Crippen molar-refractivity contribution in [3.8, 4) is 0 Å². The Morgan fingerprint density at radius 1 is 1.15 bits per heavy atom. The van der Waals surface area contributed by atoms with E-state index < -0.39 is 18.2 Å². The monoisotopic (exact) mass is 295 g/mol. The fourth-order valence-corrected chi connectivity index (χ4v) is 2.47. The van der Waals surface area contributed by atoms with Crippen LogP contribution in [0.25, 0.3) is 0 Å². The van der Waals surface area contributed by atoms with Crippen molar-refractivity contribution in [2.24, 2.45) is 5.92 Å². The Kier molecular flexibility index (Phi) is 5.90. The van der Waals surface area contributed by atoms with Gasteiger partial charge in [-0.15, -0.1) is 0 Å². The van der Waals surface area contributed by atoms with Gasteiger partial charge < -0.3 is 10.1 Å². The smallest absolute Gasteiger partial charge is 0.373 e. The lowest BCUT2D eigenvalue weighted by Crippen LogP contribution is -2.51. The standard InChI is InChI=1S/C15H28F3NO/c1-12-5-7-14(8-6-12,11-19-13(2,3)4)20-10-9-15(16,17)18/h12,19H,5-11H2,1-4H3. The van der Waals surface area contributed by atoms with Crippen LogP contribution in [-0.4, -0.2) is 30.5 Å².